The first kappa shape index (κ1) is 18.2. The number of non-ortho nitro benzene ring substituents is 1. The predicted molar refractivity (Wildman–Crippen MR) is 84.5 cm³/mol. The molecule has 0 fully saturated rings. The van der Waals surface area contributed by atoms with Crippen molar-refractivity contribution in [1.82, 2.24) is 5.32 Å². The topological polar surface area (TPSA) is 98.3 Å². The fourth-order valence-corrected chi connectivity index (χ4v) is 2.24. The third-order valence-electron chi connectivity index (χ3n) is 3.49. The minimum absolute atomic E-state index is 0.0448. The van der Waals surface area contributed by atoms with Crippen LogP contribution in [-0.4, -0.2) is 10.8 Å². The second-order valence-electron chi connectivity index (χ2n) is 5.25. The lowest BCUT2D eigenvalue weighted by Gasteiger charge is -2.13. The zero-order valence-electron chi connectivity index (χ0n) is 12.8. The number of rotatable bonds is 5. The van der Waals surface area contributed by atoms with Crippen molar-refractivity contribution in [2.45, 2.75) is 19.1 Å². The molecule has 9 heteroatoms. The Bertz CT molecular complexity index is 807. The third-order valence-corrected chi connectivity index (χ3v) is 3.49. The van der Waals surface area contributed by atoms with Gasteiger partial charge in [-0.05, 0) is 23.3 Å². The van der Waals surface area contributed by atoms with Crippen molar-refractivity contribution in [2.24, 2.45) is 0 Å². The van der Waals surface area contributed by atoms with Crippen molar-refractivity contribution in [3.63, 3.8) is 0 Å². The van der Waals surface area contributed by atoms with Crippen molar-refractivity contribution in [3.8, 4) is 0 Å². The molecular formula is C16H14F3N3O3. The van der Waals surface area contributed by atoms with E-state index in [4.69, 9.17) is 5.73 Å². The average molecular weight is 353 g/mol. The molecule has 0 radical (unpaired) electrons. The van der Waals surface area contributed by atoms with E-state index < -0.39 is 29.0 Å². The maximum atomic E-state index is 12.9. The van der Waals surface area contributed by atoms with Gasteiger partial charge in [-0.25, -0.2) is 0 Å². The second kappa shape index (κ2) is 7.20. The SMILES string of the molecule is Nc1cc([N+](=O)[O-])ccc1CNC(=O)Cc1ccccc1C(F)(F)F. The molecule has 0 aliphatic heterocycles. The van der Waals surface area contributed by atoms with Crippen LogP contribution in [0.15, 0.2) is 42.5 Å². The lowest BCUT2D eigenvalue weighted by Crippen LogP contribution is -2.26. The summed E-state index contributed by atoms with van der Waals surface area (Å²) in [5.74, 6) is -0.616. The molecular weight excluding hydrogens is 339 g/mol. The number of nitrogens with two attached hydrogens (primary N) is 1. The first-order valence-corrected chi connectivity index (χ1v) is 7.13. The molecule has 0 saturated heterocycles. The monoisotopic (exact) mass is 353 g/mol. The summed E-state index contributed by atoms with van der Waals surface area (Å²) in [6.45, 7) is -0.0448. The van der Waals surface area contributed by atoms with E-state index in [1.165, 1.54) is 30.3 Å². The molecule has 2 rings (SSSR count). The lowest BCUT2D eigenvalue weighted by atomic mass is 10.0. The van der Waals surface area contributed by atoms with E-state index in [0.717, 1.165) is 12.1 Å². The van der Waals surface area contributed by atoms with Gasteiger partial charge in [0, 0.05) is 24.4 Å². The molecule has 3 N–H and O–H groups in total. The van der Waals surface area contributed by atoms with E-state index in [2.05, 4.69) is 5.32 Å². The van der Waals surface area contributed by atoms with Gasteiger partial charge in [-0.1, -0.05) is 18.2 Å². The Morgan fingerprint density at radius 2 is 1.84 bits per heavy atom. The Morgan fingerprint density at radius 3 is 2.44 bits per heavy atom. The molecule has 132 valence electrons. The number of nitrogen functional groups attached to an aromatic ring is 1. The molecule has 0 atom stereocenters. The smallest absolute Gasteiger partial charge is 0.398 e. The van der Waals surface area contributed by atoms with Crippen molar-refractivity contribution >= 4 is 17.3 Å². The van der Waals surface area contributed by atoms with E-state index in [-0.39, 0.29) is 23.5 Å². The fourth-order valence-electron chi connectivity index (χ4n) is 2.24. The van der Waals surface area contributed by atoms with Gasteiger partial charge < -0.3 is 11.1 Å². The van der Waals surface area contributed by atoms with Crippen molar-refractivity contribution < 1.29 is 22.9 Å². The summed E-state index contributed by atoms with van der Waals surface area (Å²) >= 11 is 0. The summed E-state index contributed by atoms with van der Waals surface area (Å²) in [4.78, 5) is 22.0. The van der Waals surface area contributed by atoms with E-state index in [0.29, 0.717) is 5.56 Å². The quantitative estimate of drug-likeness (QED) is 0.490. The van der Waals surface area contributed by atoms with Gasteiger partial charge >= 0.3 is 6.18 Å². The Kier molecular flexibility index (Phi) is 5.26. The largest absolute Gasteiger partial charge is 0.416 e. The van der Waals surface area contributed by atoms with Crippen molar-refractivity contribution in [3.05, 3.63) is 69.3 Å². The Hall–Kier alpha value is -3.10. The molecule has 6 nitrogen and oxygen atoms in total. The number of nitro benzene ring substituents is 1. The molecule has 2 aromatic rings. The molecule has 1 amide bonds. The van der Waals surface area contributed by atoms with Gasteiger partial charge in [0.25, 0.3) is 5.69 Å². The molecule has 0 aromatic heterocycles. The summed E-state index contributed by atoms with van der Waals surface area (Å²) in [6.07, 6.45) is -4.98. The highest BCUT2D eigenvalue weighted by Crippen LogP contribution is 2.32. The molecule has 0 unspecified atom stereocenters. The number of amides is 1. The molecule has 0 aliphatic rings. The van der Waals surface area contributed by atoms with Crippen LogP contribution in [0.4, 0.5) is 24.5 Å². The maximum absolute atomic E-state index is 12.9. The van der Waals surface area contributed by atoms with Crippen LogP contribution < -0.4 is 11.1 Å². The summed E-state index contributed by atoms with van der Waals surface area (Å²) in [7, 11) is 0. The second-order valence-corrected chi connectivity index (χ2v) is 5.25. The number of hydrogen-bond donors (Lipinski definition) is 2. The van der Waals surface area contributed by atoms with Gasteiger partial charge in [-0.15, -0.1) is 0 Å². The number of nitrogens with one attached hydrogen (secondary N) is 1. The van der Waals surface area contributed by atoms with Crippen LogP contribution in [0.5, 0.6) is 0 Å². The van der Waals surface area contributed by atoms with Crippen LogP contribution in [0.3, 0.4) is 0 Å². The Labute approximate surface area is 140 Å². The maximum Gasteiger partial charge on any atom is 0.416 e. The van der Waals surface area contributed by atoms with E-state index in [1.807, 2.05) is 0 Å². The van der Waals surface area contributed by atoms with Crippen molar-refractivity contribution in [1.29, 1.82) is 0 Å². The number of nitro groups is 1. The Balaban J connectivity index is 2.04. The number of anilines is 1. The van der Waals surface area contributed by atoms with Crippen LogP contribution in [0.1, 0.15) is 16.7 Å². The fraction of sp³-hybridized carbons (Fsp3) is 0.188. The number of hydrogen-bond acceptors (Lipinski definition) is 4. The number of alkyl halides is 3. The molecule has 2 aromatic carbocycles. The van der Waals surface area contributed by atoms with E-state index >= 15 is 0 Å². The van der Waals surface area contributed by atoms with Crippen LogP contribution in [0.25, 0.3) is 0 Å². The van der Waals surface area contributed by atoms with Crippen LogP contribution >= 0.6 is 0 Å². The summed E-state index contributed by atoms with van der Waals surface area (Å²) in [6, 6.07) is 8.60. The molecule has 0 bridgehead atoms. The first-order valence-electron chi connectivity index (χ1n) is 7.13. The highest BCUT2D eigenvalue weighted by molar-refractivity contribution is 5.79. The van der Waals surface area contributed by atoms with Crippen molar-refractivity contribution in [2.75, 3.05) is 5.73 Å². The van der Waals surface area contributed by atoms with E-state index in [9.17, 15) is 28.1 Å². The lowest BCUT2D eigenvalue weighted by molar-refractivity contribution is -0.384. The van der Waals surface area contributed by atoms with Crippen LogP contribution in [-0.2, 0) is 23.9 Å². The molecule has 0 heterocycles. The highest BCUT2D eigenvalue weighted by Gasteiger charge is 2.33. The number of carbonyl (C=O) groups is 1. The number of benzene rings is 2. The Morgan fingerprint density at radius 1 is 1.16 bits per heavy atom. The zero-order valence-corrected chi connectivity index (χ0v) is 12.8. The van der Waals surface area contributed by atoms with Gasteiger partial charge in [0.2, 0.25) is 5.91 Å². The summed E-state index contributed by atoms with van der Waals surface area (Å²) in [5.41, 5.74) is 5.04. The van der Waals surface area contributed by atoms with Gasteiger partial charge in [-0.2, -0.15) is 13.2 Å². The molecule has 25 heavy (non-hydrogen) atoms. The summed E-state index contributed by atoms with van der Waals surface area (Å²) in [5, 5.41) is 13.1. The van der Waals surface area contributed by atoms with Gasteiger partial charge in [-0.3, -0.25) is 14.9 Å². The van der Waals surface area contributed by atoms with Gasteiger partial charge in [0.05, 0.1) is 16.9 Å². The number of halogens is 3. The number of carbonyl (C=O) groups excluding carboxylic acids is 1. The zero-order chi connectivity index (χ0) is 18.6. The average Bonchev–Trinajstić information content (AvgIpc) is 2.53. The van der Waals surface area contributed by atoms with Crippen LogP contribution in [0.2, 0.25) is 0 Å². The normalized spacial score (nSPS) is 11.2. The predicted octanol–water partition coefficient (Wildman–Crippen LogP) is 3.05. The minimum Gasteiger partial charge on any atom is -0.398 e. The molecule has 0 aliphatic carbocycles. The minimum atomic E-state index is -4.54. The number of nitrogens with zero attached hydrogens (tertiary/aromatic N) is 1. The molecule has 0 saturated carbocycles. The third kappa shape index (κ3) is 4.69. The van der Waals surface area contributed by atoms with E-state index in [1.54, 1.807) is 0 Å². The summed E-state index contributed by atoms with van der Waals surface area (Å²) < 4.78 is 38.7. The standard InChI is InChI=1S/C16H14F3N3O3/c17-16(18,19)13-4-2-1-3-10(13)7-15(23)21-9-11-5-6-12(22(24)25)8-14(11)20/h1-6,8H,7,9,20H2,(H,21,23). The van der Waals surface area contributed by atoms with Gasteiger partial charge in [0.1, 0.15) is 0 Å². The first-order chi connectivity index (χ1) is 11.7. The van der Waals surface area contributed by atoms with Gasteiger partial charge in [0.15, 0.2) is 0 Å². The molecule has 0 spiro atoms. The highest BCUT2D eigenvalue weighted by atomic mass is 19.4. The van der Waals surface area contributed by atoms with Crippen LogP contribution in [0, 0.1) is 10.1 Å².